The molecule has 2 aliphatic rings. The number of imide groups is 1. The van der Waals surface area contributed by atoms with E-state index in [9.17, 15) is 14.4 Å². The molecule has 1 fully saturated rings. The number of anilines is 1. The molecule has 0 saturated heterocycles. The molecule has 0 radical (unpaired) electrons. The summed E-state index contributed by atoms with van der Waals surface area (Å²) in [5.41, 5.74) is 1.69. The Kier molecular flexibility index (Phi) is 8.15. The Bertz CT molecular complexity index is 1200. The molecular weight excluding hydrogens is 508 g/mol. The van der Waals surface area contributed by atoms with Crippen molar-refractivity contribution in [2.75, 3.05) is 17.8 Å². The van der Waals surface area contributed by atoms with Gasteiger partial charge in [0, 0.05) is 15.9 Å². The van der Waals surface area contributed by atoms with Crippen LogP contribution in [0.3, 0.4) is 0 Å². The molecule has 0 unspecified atom stereocenters. The van der Waals surface area contributed by atoms with Gasteiger partial charge in [0.25, 0.3) is 5.91 Å². The van der Waals surface area contributed by atoms with Crippen LogP contribution in [-0.4, -0.2) is 41.9 Å². The van der Waals surface area contributed by atoms with Crippen molar-refractivity contribution in [3.05, 3.63) is 50.8 Å². The van der Waals surface area contributed by atoms with E-state index < -0.39 is 11.9 Å². The molecule has 1 aromatic carbocycles. The van der Waals surface area contributed by atoms with Crippen LogP contribution in [0.25, 0.3) is 6.08 Å². The monoisotopic (exact) mass is 532 g/mol. The number of rotatable bonds is 6. The van der Waals surface area contributed by atoms with E-state index in [-0.39, 0.29) is 23.4 Å². The molecule has 2 aromatic rings. The molecular formula is C24H25ClN4O4S2. The first-order valence-electron chi connectivity index (χ1n) is 11.1. The predicted molar refractivity (Wildman–Crippen MR) is 141 cm³/mol. The van der Waals surface area contributed by atoms with Crippen molar-refractivity contribution in [2.45, 2.75) is 38.6 Å². The van der Waals surface area contributed by atoms with Crippen molar-refractivity contribution in [1.29, 1.82) is 0 Å². The zero-order chi connectivity index (χ0) is 24.9. The van der Waals surface area contributed by atoms with Gasteiger partial charge in [-0.1, -0.05) is 36.2 Å². The zero-order valence-corrected chi connectivity index (χ0v) is 21.7. The summed E-state index contributed by atoms with van der Waals surface area (Å²) in [5, 5.41) is 7.84. The average molecular weight is 533 g/mol. The molecule has 0 atom stereocenters. The third kappa shape index (κ3) is 6.06. The van der Waals surface area contributed by atoms with Crippen molar-refractivity contribution in [2.24, 2.45) is 4.99 Å². The minimum atomic E-state index is -0.506. The number of amides is 4. The van der Waals surface area contributed by atoms with Gasteiger partial charge in [0.15, 0.2) is 5.17 Å². The highest BCUT2D eigenvalue weighted by molar-refractivity contribution is 8.14. The van der Waals surface area contributed by atoms with Crippen molar-refractivity contribution in [1.82, 2.24) is 10.6 Å². The minimum absolute atomic E-state index is 0.102. The van der Waals surface area contributed by atoms with Gasteiger partial charge >= 0.3 is 6.03 Å². The topological polar surface area (TPSA) is 100 Å². The van der Waals surface area contributed by atoms with E-state index in [2.05, 4.69) is 15.6 Å². The van der Waals surface area contributed by atoms with E-state index in [1.54, 1.807) is 24.3 Å². The fraction of sp³-hybridized carbons (Fsp3) is 0.333. The Hall–Kier alpha value is -2.82. The first-order chi connectivity index (χ1) is 16.9. The van der Waals surface area contributed by atoms with Crippen LogP contribution in [0, 0.1) is 6.92 Å². The molecule has 0 bridgehead atoms. The molecule has 2 heterocycles. The number of hydrogen-bond acceptors (Lipinski definition) is 7. The van der Waals surface area contributed by atoms with Gasteiger partial charge in [-0.15, -0.1) is 11.3 Å². The van der Waals surface area contributed by atoms with Gasteiger partial charge in [-0.2, -0.15) is 0 Å². The van der Waals surface area contributed by atoms with Gasteiger partial charge in [-0.05, 0) is 61.1 Å². The number of nitrogens with zero attached hydrogens (tertiary/aromatic N) is 2. The number of carbonyl (C=O) groups excluding carboxylic acids is 3. The molecule has 8 nitrogen and oxygen atoms in total. The van der Waals surface area contributed by atoms with Gasteiger partial charge in [0.05, 0.1) is 18.6 Å². The lowest BCUT2D eigenvalue weighted by Crippen LogP contribution is -2.44. The highest BCUT2D eigenvalue weighted by atomic mass is 35.5. The van der Waals surface area contributed by atoms with Crippen LogP contribution in [0.5, 0.6) is 5.75 Å². The van der Waals surface area contributed by atoms with E-state index in [4.69, 9.17) is 16.3 Å². The first-order valence-corrected chi connectivity index (χ1v) is 13.4. The average Bonchev–Trinajstić information content (AvgIpc) is 3.54. The maximum absolute atomic E-state index is 13.4. The molecule has 2 N–H and O–H groups in total. The summed E-state index contributed by atoms with van der Waals surface area (Å²) in [6.07, 6.45) is 5.72. The molecule has 1 aromatic heterocycles. The number of nitrogens with one attached hydrogen (secondary N) is 2. The highest BCUT2D eigenvalue weighted by Crippen LogP contribution is 2.37. The van der Waals surface area contributed by atoms with Crippen LogP contribution >= 0.6 is 34.7 Å². The van der Waals surface area contributed by atoms with E-state index >= 15 is 0 Å². The number of thioether (sulfide) groups is 1. The second-order valence-corrected chi connectivity index (χ2v) is 10.5. The third-order valence-electron chi connectivity index (χ3n) is 5.66. The maximum Gasteiger partial charge on any atom is 0.321 e. The lowest BCUT2D eigenvalue weighted by molar-refractivity contribution is -0.117. The summed E-state index contributed by atoms with van der Waals surface area (Å²) in [7, 11) is 1.50. The molecule has 35 heavy (non-hydrogen) atoms. The predicted octanol–water partition coefficient (Wildman–Crippen LogP) is 4.96. The van der Waals surface area contributed by atoms with E-state index in [0.717, 1.165) is 47.9 Å². The number of aliphatic imine (C=N–C) groups is 1. The summed E-state index contributed by atoms with van der Waals surface area (Å²) in [6, 6.07) is 6.51. The summed E-state index contributed by atoms with van der Waals surface area (Å²) in [4.78, 5) is 44.8. The van der Waals surface area contributed by atoms with Crippen molar-refractivity contribution >= 4 is 69.5 Å². The fourth-order valence-corrected chi connectivity index (χ4v) is 5.71. The van der Waals surface area contributed by atoms with E-state index in [1.807, 2.05) is 18.4 Å². The van der Waals surface area contributed by atoms with Crippen LogP contribution in [-0.2, 0) is 9.59 Å². The van der Waals surface area contributed by atoms with Gasteiger partial charge in [-0.3, -0.25) is 14.9 Å². The normalized spacial score (nSPS) is 17.1. The van der Waals surface area contributed by atoms with Crippen LogP contribution < -0.4 is 20.3 Å². The molecule has 1 aliphatic heterocycles. The Morgan fingerprint density at radius 2 is 2.09 bits per heavy atom. The summed E-state index contributed by atoms with van der Waals surface area (Å²) in [5.74, 6) is -0.509. The fourth-order valence-electron chi connectivity index (χ4n) is 3.88. The number of hydrogen-bond donors (Lipinski definition) is 2. The van der Waals surface area contributed by atoms with Crippen LogP contribution in [0.4, 0.5) is 10.5 Å². The number of amidine groups is 1. The summed E-state index contributed by atoms with van der Waals surface area (Å²) >= 11 is 8.78. The number of urea groups is 1. The Labute approximate surface area is 216 Å². The van der Waals surface area contributed by atoms with Gasteiger partial charge < -0.3 is 10.1 Å². The Balaban J connectivity index is 1.54. The lowest BCUT2D eigenvalue weighted by Gasteiger charge is -2.20. The minimum Gasteiger partial charge on any atom is -0.495 e. The smallest absolute Gasteiger partial charge is 0.321 e. The molecule has 0 spiro atoms. The number of thiophene rings is 1. The third-order valence-corrected chi connectivity index (χ3v) is 7.80. The summed E-state index contributed by atoms with van der Waals surface area (Å²) < 4.78 is 5.44. The maximum atomic E-state index is 13.4. The van der Waals surface area contributed by atoms with Gasteiger partial charge in [0.1, 0.15) is 11.4 Å². The Morgan fingerprint density at radius 1 is 1.31 bits per heavy atom. The Morgan fingerprint density at radius 3 is 2.77 bits per heavy atom. The molecule has 11 heteroatoms. The van der Waals surface area contributed by atoms with Gasteiger partial charge in [-0.25, -0.2) is 14.7 Å². The van der Waals surface area contributed by atoms with Gasteiger partial charge in [0.2, 0.25) is 5.91 Å². The number of ether oxygens (including phenoxy) is 1. The van der Waals surface area contributed by atoms with Crippen LogP contribution in [0.15, 0.2) is 40.3 Å². The van der Waals surface area contributed by atoms with E-state index in [1.165, 1.54) is 23.3 Å². The quantitative estimate of drug-likeness (QED) is 0.512. The van der Waals surface area contributed by atoms with Crippen LogP contribution in [0.2, 0.25) is 5.02 Å². The van der Waals surface area contributed by atoms with Crippen LogP contribution in [0.1, 0.15) is 36.1 Å². The molecule has 4 amide bonds. The standard InChI is InChI=1S/C24H25ClN4O4S2/c1-14-9-10-34-20(14)12-17-22(31)29(18-11-15(25)7-8-19(18)33-2)24(27-17)35-13-21(30)28-23(32)26-16-5-3-4-6-16/h7-12,16H,3-6,13H2,1-2H3,(H2,26,28,30,32)/b17-12+. The number of halogens is 1. The number of aryl methyl sites for hydroxylation is 1. The number of benzene rings is 1. The second-order valence-electron chi connectivity index (χ2n) is 8.14. The highest BCUT2D eigenvalue weighted by Gasteiger charge is 2.34. The van der Waals surface area contributed by atoms with Crippen molar-refractivity contribution < 1.29 is 19.1 Å². The molecule has 1 aliphatic carbocycles. The molecule has 184 valence electrons. The summed E-state index contributed by atoms with van der Waals surface area (Å²) in [6.45, 7) is 1.96. The van der Waals surface area contributed by atoms with Crippen molar-refractivity contribution in [3.63, 3.8) is 0 Å². The van der Waals surface area contributed by atoms with Crippen molar-refractivity contribution in [3.8, 4) is 5.75 Å². The SMILES string of the molecule is COc1ccc(Cl)cc1N1C(=O)/C(=C\c2sccc2C)N=C1SCC(=O)NC(=O)NC1CCCC1. The largest absolute Gasteiger partial charge is 0.495 e. The zero-order valence-electron chi connectivity index (χ0n) is 19.3. The second kappa shape index (κ2) is 11.3. The lowest BCUT2D eigenvalue weighted by atomic mass is 10.2. The first kappa shape index (κ1) is 25.3. The number of carbonyl (C=O) groups is 3. The van der Waals surface area contributed by atoms with E-state index in [0.29, 0.717) is 21.6 Å². The molecule has 4 rings (SSSR count). The molecule has 1 saturated carbocycles. The number of methoxy groups -OCH3 is 1.